The second-order valence-electron chi connectivity index (χ2n) is 8.52. The van der Waals surface area contributed by atoms with E-state index in [0.29, 0.717) is 31.4 Å². The summed E-state index contributed by atoms with van der Waals surface area (Å²) in [6.45, 7) is 8.52. The average molecular weight is 350 g/mol. The fraction of sp³-hybridized carbons (Fsp3) is 0.750. The van der Waals surface area contributed by atoms with Gasteiger partial charge >= 0.3 is 5.97 Å². The highest BCUT2D eigenvalue weighted by molar-refractivity contribution is 5.90. The van der Waals surface area contributed by atoms with Crippen molar-refractivity contribution in [1.82, 2.24) is 0 Å². The van der Waals surface area contributed by atoms with Crippen LogP contribution in [0.4, 0.5) is 0 Å². The van der Waals surface area contributed by atoms with Crippen molar-refractivity contribution in [3.05, 3.63) is 23.8 Å². The maximum atomic E-state index is 11.7. The van der Waals surface area contributed by atoms with Gasteiger partial charge in [0.2, 0.25) is 0 Å². The molecule has 3 N–H and O–H groups in total. The number of rotatable bonds is 4. The number of aliphatic hydroxyl groups excluding tert-OH is 3. The van der Waals surface area contributed by atoms with Gasteiger partial charge in [-0.2, -0.15) is 0 Å². The van der Waals surface area contributed by atoms with Crippen LogP contribution in [0.25, 0.3) is 0 Å². The van der Waals surface area contributed by atoms with E-state index < -0.39 is 17.6 Å². The van der Waals surface area contributed by atoms with Crippen molar-refractivity contribution in [3.8, 4) is 0 Å². The van der Waals surface area contributed by atoms with E-state index in [1.807, 2.05) is 13.0 Å². The van der Waals surface area contributed by atoms with Gasteiger partial charge in [-0.15, -0.1) is 0 Å². The van der Waals surface area contributed by atoms with Crippen molar-refractivity contribution in [2.45, 2.75) is 58.2 Å². The number of carbonyl (C=O) groups excluding carboxylic acids is 1. The van der Waals surface area contributed by atoms with E-state index in [9.17, 15) is 20.1 Å². The highest BCUT2D eigenvalue weighted by Gasteiger charge is 2.59. The average Bonchev–Trinajstić information content (AvgIpc) is 2.99. The number of cyclic esters (lactones) is 1. The summed E-state index contributed by atoms with van der Waals surface area (Å²) in [6.07, 6.45) is 3.93. The van der Waals surface area contributed by atoms with Crippen molar-refractivity contribution in [3.63, 3.8) is 0 Å². The Morgan fingerprint density at radius 1 is 1.36 bits per heavy atom. The highest BCUT2D eigenvalue weighted by Crippen LogP contribution is 2.61. The van der Waals surface area contributed by atoms with E-state index in [1.54, 1.807) is 0 Å². The zero-order valence-corrected chi connectivity index (χ0v) is 15.2. The van der Waals surface area contributed by atoms with Crippen molar-refractivity contribution in [2.24, 2.45) is 22.7 Å². The van der Waals surface area contributed by atoms with E-state index in [2.05, 4.69) is 13.5 Å². The molecule has 25 heavy (non-hydrogen) atoms. The maximum absolute atomic E-state index is 11.7. The molecular formula is C20H30O5. The van der Waals surface area contributed by atoms with Crippen molar-refractivity contribution in [2.75, 3.05) is 13.2 Å². The molecule has 1 aliphatic heterocycles. The molecule has 0 radical (unpaired) electrons. The van der Waals surface area contributed by atoms with Gasteiger partial charge in [0.05, 0.1) is 18.8 Å². The molecule has 0 saturated heterocycles. The van der Waals surface area contributed by atoms with Crippen LogP contribution < -0.4 is 0 Å². The molecule has 0 aromatic carbocycles. The number of hydrogen-bond donors (Lipinski definition) is 3. The summed E-state index contributed by atoms with van der Waals surface area (Å²) in [5.74, 6) is -0.194. The summed E-state index contributed by atoms with van der Waals surface area (Å²) < 4.78 is 4.98. The highest BCUT2D eigenvalue weighted by atomic mass is 16.5. The zero-order chi connectivity index (χ0) is 18.4. The summed E-state index contributed by atoms with van der Waals surface area (Å²) in [6, 6.07) is 0. The first-order chi connectivity index (χ1) is 11.7. The standard InChI is InChI=1S/C20H30O5/c1-12-14(5-4-13-7-9-25-18(13)24)19(2)8-6-17(23)20(3,11-21)16(19)10-15(12)22/h7,14-17,21-23H,1,4-6,8-11H2,2-3H3. The molecule has 2 fully saturated rings. The maximum Gasteiger partial charge on any atom is 0.334 e. The van der Waals surface area contributed by atoms with Gasteiger partial charge in [0.1, 0.15) is 6.61 Å². The van der Waals surface area contributed by atoms with Crippen LogP contribution in [0.2, 0.25) is 0 Å². The summed E-state index contributed by atoms with van der Waals surface area (Å²) >= 11 is 0. The number of aliphatic hydroxyl groups is 3. The third kappa shape index (κ3) is 2.86. The van der Waals surface area contributed by atoms with Crippen LogP contribution in [-0.4, -0.2) is 46.7 Å². The van der Waals surface area contributed by atoms with E-state index in [1.165, 1.54) is 0 Å². The summed E-state index contributed by atoms with van der Waals surface area (Å²) in [4.78, 5) is 11.7. The fourth-order valence-corrected chi connectivity index (χ4v) is 5.55. The molecular weight excluding hydrogens is 320 g/mol. The Morgan fingerprint density at radius 3 is 2.68 bits per heavy atom. The van der Waals surface area contributed by atoms with Gasteiger partial charge in [-0.3, -0.25) is 0 Å². The van der Waals surface area contributed by atoms with Crippen molar-refractivity contribution >= 4 is 5.97 Å². The topological polar surface area (TPSA) is 87.0 Å². The van der Waals surface area contributed by atoms with E-state index in [4.69, 9.17) is 4.74 Å². The van der Waals surface area contributed by atoms with Gasteiger partial charge in [-0.05, 0) is 61.0 Å². The molecule has 2 saturated carbocycles. The molecule has 5 heteroatoms. The molecule has 3 rings (SSSR count). The van der Waals surface area contributed by atoms with Crippen LogP contribution in [0.5, 0.6) is 0 Å². The summed E-state index contributed by atoms with van der Waals surface area (Å²) in [5.41, 5.74) is 0.741. The smallest absolute Gasteiger partial charge is 0.334 e. The molecule has 0 bridgehead atoms. The molecule has 2 aliphatic carbocycles. The molecule has 5 nitrogen and oxygen atoms in total. The molecule has 6 unspecified atom stereocenters. The Kier molecular flexibility index (Phi) is 4.86. The third-order valence-corrected chi connectivity index (χ3v) is 7.29. The van der Waals surface area contributed by atoms with Crippen molar-refractivity contribution in [1.29, 1.82) is 0 Å². The first kappa shape index (κ1) is 18.6. The number of esters is 1. The molecule has 0 amide bonds. The van der Waals surface area contributed by atoms with Crippen LogP contribution in [0, 0.1) is 22.7 Å². The minimum Gasteiger partial charge on any atom is -0.458 e. The predicted molar refractivity (Wildman–Crippen MR) is 93.6 cm³/mol. The number of fused-ring (bicyclic) bond motifs is 1. The number of ether oxygens (including phenoxy) is 1. The minimum absolute atomic E-state index is 0.00348. The van der Waals surface area contributed by atoms with Gasteiger partial charge < -0.3 is 20.1 Å². The quantitative estimate of drug-likeness (QED) is 0.533. The van der Waals surface area contributed by atoms with Gasteiger partial charge in [-0.1, -0.05) is 20.4 Å². The lowest BCUT2D eigenvalue weighted by molar-refractivity contribution is -0.164. The minimum atomic E-state index is -0.635. The molecule has 0 spiro atoms. The van der Waals surface area contributed by atoms with Crippen LogP contribution in [0.3, 0.4) is 0 Å². The van der Waals surface area contributed by atoms with Crippen LogP contribution in [-0.2, 0) is 9.53 Å². The lowest BCUT2D eigenvalue weighted by Gasteiger charge is -2.60. The second-order valence-corrected chi connectivity index (χ2v) is 8.52. The summed E-state index contributed by atoms with van der Waals surface area (Å²) in [5, 5.41) is 31.1. The lowest BCUT2D eigenvalue weighted by Crippen LogP contribution is -2.59. The zero-order valence-electron chi connectivity index (χ0n) is 15.2. The first-order valence-corrected chi connectivity index (χ1v) is 9.26. The second kappa shape index (κ2) is 6.53. The van der Waals surface area contributed by atoms with Gasteiger partial charge in [-0.25, -0.2) is 4.79 Å². The Morgan fingerprint density at radius 2 is 2.08 bits per heavy atom. The van der Waals surface area contributed by atoms with E-state index in [-0.39, 0.29) is 29.8 Å². The lowest BCUT2D eigenvalue weighted by atomic mass is 9.45. The van der Waals surface area contributed by atoms with E-state index in [0.717, 1.165) is 18.4 Å². The van der Waals surface area contributed by atoms with E-state index >= 15 is 0 Å². The van der Waals surface area contributed by atoms with Crippen LogP contribution >= 0.6 is 0 Å². The Bertz CT molecular complexity index is 597. The Labute approximate surface area is 149 Å². The van der Waals surface area contributed by atoms with Crippen LogP contribution in [0.1, 0.15) is 46.0 Å². The van der Waals surface area contributed by atoms with Gasteiger partial charge in [0.15, 0.2) is 0 Å². The SMILES string of the molecule is C=C1C(O)CC2C(C)(CO)C(O)CCC2(C)C1CCC1=CCOC1=O. The molecule has 140 valence electrons. The molecule has 3 aliphatic rings. The normalized spacial score (nSPS) is 44.3. The molecule has 0 aromatic heterocycles. The Balaban J connectivity index is 1.88. The van der Waals surface area contributed by atoms with Crippen molar-refractivity contribution < 1.29 is 24.9 Å². The summed E-state index contributed by atoms with van der Waals surface area (Å²) in [7, 11) is 0. The first-order valence-electron chi connectivity index (χ1n) is 9.26. The number of hydrogen-bond acceptors (Lipinski definition) is 5. The third-order valence-electron chi connectivity index (χ3n) is 7.29. The monoisotopic (exact) mass is 350 g/mol. The largest absolute Gasteiger partial charge is 0.458 e. The fourth-order valence-electron chi connectivity index (χ4n) is 5.55. The Hall–Kier alpha value is -1.17. The predicted octanol–water partition coefficient (Wildman–Crippen LogP) is 1.96. The molecule has 6 atom stereocenters. The van der Waals surface area contributed by atoms with Gasteiger partial charge in [0.25, 0.3) is 0 Å². The van der Waals surface area contributed by atoms with Crippen LogP contribution in [0.15, 0.2) is 23.8 Å². The number of carbonyl (C=O) groups is 1. The molecule has 1 heterocycles. The van der Waals surface area contributed by atoms with Gasteiger partial charge in [0, 0.05) is 11.0 Å². The molecule has 0 aromatic rings.